The van der Waals surface area contributed by atoms with Gasteiger partial charge < -0.3 is 9.04 Å². The van der Waals surface area contributed by atoms with Gasteiger partial charge in [0.15, 0.2) is 10.1 Å². The molecule has 0 amide bonds. The van der Waals surface area contributed by atoms with E-state index < -0.39 is 15.6 Å². The van der Waals surface area contributed by atoms with Crippen molar-refractivity contribution in [2.45, 2.75) is 32.2 Å². The molecular formula is C9H20F3NO3S. The summed E-state index contributed by atoms with van der Waals surface area (Å²) in [6.07, 6.45) is 2.68. The third kappa shape index (κ3) is 10.5. The van der Waals surface area contributed by atoms with Crippen molar-refractivity contribution in [1.82, 2.24) is 0 Å². The van der Waals surface area contributed by atoms with Gasteiger partial charge in [0.25, 0.3) is 0 Å². The smallest absolute Gasteiger partial charge is 0.485 e. The van der Waals surface area contributed by atoms with Crippen LogP contribution < -0.4 is 0 Å². The van der Waals surface area contributed by atoms with Gasteiger partial charge in [-0.3, -0.25) is 0 Å². The summed E-state index contributed by atoms with van der Waals surface area (Å²) in [5.41, 5.74) is -5.65. The summed E-state index contributed by atoms with van der Waals surface area (Å²) in [5, 5.41) is 0. The number of nitrogens with zero attached hydrogens (tertiary/aromatic N) is 1. The first-order chi connectivity index (χ1) is 7.37. The fraction of sp³-hybridized carbons (Fsp3) is 1.00. The molecule has 0 aliphatic carbocycles. The van der Waals surface area contributed by atoms with E-state index >= 15 is 0 Å². The van der Waals surface area contributed by atoms with Gasteiger partial charge in [0, 0.05) is 0 Å². The molecule has 0 radical (unpaired) electrons. The number of rotatable bonds is 4. The predicted molar refractivity (Wildman–Crippen MR) is 58.2 cm³/mol. The molecule has 0 atom stereocenters. The first kappa shape index (κ1) is 19.0. The SMILES string of the molecule is CCCC[N+](C)(C)CC.O=S(=O)([O-])C(F)(F)F. The summed E-state index contributed by atoms with van der Waals surface area (Å²) < 4.78 is 60.1. The first-order valence-electron chi connectivity index (χ1n) is 5.21. The van der Waals surface area contributed by atoms with Crippen LogP contribution in [0.2, 0.25) is 0 Å². The Morgan fingerprint density at radius 2 is 1.53 bits per heavy atom. The van der Waals surface area contributed by atoms with Crippen molar-refractivity contribution in [2.75, 3.05) is 27.2 Å². The van der Waals surface area contributed by atoms with Crippen LogP contribution in [0.5, 0.6) is 0 Å². The van der Waals surface area contributed by atoms with Crippen molar-refractivity contribution in [3.63, 3.8) is 0 Å². The minimum Gasteiger partial charge on any atom is -0.741 e. The number of halogens is 3. The molecule has 0 saturated heterocycles. The van der Waals surface area contributed by atoms with Gasteiger partial charge in [-0.15, -0.1) is 0 Å². The zero-order valence-electron chi connectivity index (χ0n) is 10.5. The van der Waals surface area contributed by atoms with Crippen molar-refractivity contribution in [3.8, 4) is 0 Å². The van der Waals surface area contributed by atoms with E-state index in [4.69, 9.17) is 13.0 Å². The summed E-state index contributed by atoms with van der Waals surface area (Å²) in [5.74, 6) is 0. The zero-order chi connectivity index (χ0) is 14.3. The molecule has 0 saturated carbocycles. The van der Waals surface area contributed by atoms with E-state index in [-0.39, 0.29) is 0 Å². The second-order valence-electron chi connectivity index (χ2n) is 4.23. The van der Waals surface area contributed by atoms with Crippen LogP contribution in [0.4, 0.5) is 13.2 Å². The Kier molecular flexibility index (Phi) is 8.02. The lowest BCUT2D eigenvalue weighted by molar-refractivity contribution is -0.888. The van der Waals surface area contributed by atoms with E-state index in [0.717, 1.165) is 0 Å². The summed E-state index contributed by atoms with van der Waals surface area (Å²) in [4.78, 5) is 0. The van der Waals surface area contributed by atoms with Crippen LogP contribution in [0.15, 0.2) is 0 Å². The van der Waals surface area contributed by atoms with Gasteiger partial charge in [0.05, 0.1) is 27.2 Å². The number of hydrogen-bond acceptors (Lipinski definition) is 3. The first-order valence-corrected chi connectivity index (χ1v) is 6.62. The average Bonchev–Trinajstić information content (AvgIpc) is 2.13. The monoisotopic (exact) mass is 279 g/mol. The van der Waals surface area contributed by atoms with Gasteiger partial charge in [0.2, 0.25) is 0 Å². The molecule has 0 aromatic rings. The average molecular weight is 279 g/mol. The predicted octanol–water partition coefficient (Wildman–Crippen LogP) is 1.93. The second kappa shape index (κ2) is 7.17. The third-order valence-electron chi connectivity index (χ3n) is 2.26. The molecule has 0 heterocycles. The topological polar surface area (TPSA) is 57.2 Å². The molecule has 4 nitrogen and oxygen atoms in total. The Labute approximate surface area is 101 Å². The molecule has 0 aliphatic heterocycles. The molecule has 0 aromatic carbocycles. The molecule has 0 rings (SSSR count). The van der Waals surface area contributed by atoms with Crippen molar-refractivity contribution >= 4 is 10.1 Å². The van der Waals surface area contributed by atoms with Gasteiger partial charge in [-0.05, 0) is 13.3 Å². The highest BCUT2D eigenvalue weighted by atomic mass is 32.2. The van der Waals surface area contributed by atoms with E-state index in [9.17, 15) is 13.2 Å². The Morgan fingerprint density at radius 1 is 1.18 bits per heavy atom. The van der Waals surface area contributed by atoms with Gasteiger partial charge in [-0.1, -0.05) is 13.3 Å². The number of unbranched alkanes of at least 4 members (excludes halogenated alkanes) is 1. The second-order valence-corrected chi connectivity index (χ2v) is 5.60. The van der Waals surface area contributed by atoms with Crippen LogP contribution in [0, 0.1) is 0 Å². The van der Waals surface area contributed by atoms with Gasteiger partial charge in [-0.25, -0.2) is 8.42 Å². The molecule has 0 bridgehead atoms. The zero-order valence-corrected chi connectivity index (χ0v) is 11.4. The van der Waals surface area contributed by atoms with Gasteiger partial charge >= 0.3 is 5.51 Å². The van der Waals surface area contributed by atoms with Crippen molar-refractivity contribution in [1.29, 1.82) is 0 Å². The fourth-order valence-corrected chi connectivity index (χ4v) is 0.744. The van der Waals surface area contributed by atoms with Crippen molar-refractivity contribution in [3.05, 3.63) is 0 Å². The van der Waals surface area contributed by atoms with Crippen LogP contribution in [-0.4, -0.2) is 50.1 Å². The van der Waals surface area contributed by atoms with Crippen LogP contribution in [0.1, 0.15) is 26.7 Å². The minimum atomic E-state index is -6.09. The third-order valence-corrected chi connectivity index (χ3v) is 2.82. The van der Waals surface area contributed by atoms with Gasteiger partial charge in [-0.2, -0.15) is 13.2 Å². The molecule has 8 heteroatoms. The van der Waals surface area contributed by atoms with E-state index in [1.807, 2.05) is 0 Å². The minimum absolute atomic E-state index is 1.17. The molecule has 0 aliphatic rings. The molecule has 0 spiro atoms. The molecule has 106 valence electrons. The van der Waals surface area contributed by atoms with E-state index in [1.165, 1.54) is 30.4 Å². The largest absolute Gasteiger partial charge is 0.741 e. The van der Waals surface area contributed by atoms with Crippen molar-refractivity contribution < 1.29 is 30.6 Å². The van der Waals surface area contributed by atoms with Crippen LogP contribution in [0.3, 0.4) is 0 Å². The summed E-state index contributed by atoms with van der Waals surface area (Å²) in [6.45, 7) is 7.07. The number of hydrogen-bond donors (Lipinski definition) is 0. The molecule has 0 N–H and O–H groups in total. The van der Waals surface area contributed by atoms with Crippen LogP contribution in [-0.2, 0) is 10.1 Å². The normalized spacial score (nSPS) is 12.9. The summed E-state index contributed by atoms with van der Waals surface area (Å²) >= 11 is 0. The quantitative estimate of drug-likeness (QED) is 0.449. The van der Waals surface area contributed by atoms with Crippen molar-refractivity contribution in [2.24, 2.45) is 0 Å². The molecule has 0 fully saturated rings. The Bertz CT molecular complexity index is 299. The number of quaternary nitrogens is 1. The maximum Gasteiger partial charge on any atom is 0.485 e. The molecule has 17 heavy (non-hydrogen) atoms. The highest BCUT2D eigenvalue weighted by molar-refractivity contribution is 7.86. The molecular weight excluding hydrogens is 259 g/mol. The maximum absolute atomic E-state index is 10.7. The Balaban J connectivity index is 0. The Hall–Kier alpha value is -0.340. The van der Waals surface area contributed by atoms with Crippen LogP contribution >= 0.6 is 0 Å². The maximum atomic E-state index is 10.7. The standard InChI is InChI=1S/C8H20N.CHF3O3S/c1-5-7-8-9(3,4)6-2;2-1(3,4)8(5,6)7/h5-8H2,1-4H3;(H,5,6,7)/q+1;/p-1. The summed E-state index contributed by atoms with van der Waals surface area (Å²) in [6, 6.07) is 0. The molecule has 0 unspecified atom stereocenters. The summed E-state index contributed by atoms with van der Waals surface area (Å²) in [7, 11) is -1.52. The Morgan fingerprint density at radius 3 is 1.71 bits per heavy atom. The lowest BCUT2D eigenvalue weighted by atomic mass is 10.3. The highest BCUT2D eigenvalue weighted by Crippen LogP contribution is 2.20. The highest BCUT2D eigenvalue weighted by Gasteiger charge is 2.36. The van der Waals surface area contributed by atoms with Crippen LogP contribution in [0.25, 0.3) is 0 Å². The molecule has 0 aromatic heterocycles. The lowest BCUT2D eigenvalue weighted by Gasteiger charge is -2.27. The van der Waals surface area contributed by atoms with E-state index in [2.05, 4.69) is 27.9 Å². The number of alkyl halides is 3. The van der Waals surface area contributed by atoms with E-state index in [1.54, 1.807) is 0 Å². The fourth-order valence-electron chi connectivity index (χ4n) is 0.744. The van der Waals surface area contributed by atoms with E-state index in [0.29, 0.717) is 0 Å². The van der Waals surface area contributed by atoms with Gasteiger partial charge in [0.1, 0.15) is 0 Å². The lowest BCUT2D eigenvalue weighted by Crippen LogP contribution is -2.39.